The fourth-order valence-corrected chi connectivity index (χ4v) is 1.13. The maximum Gasteiger partial charge on any atom is 0.219 e. The Morgan fingerprint density at radius 3 is 1.73 bits per heavy atom. The van der Waals surface area contributed by atoms with Crippen molar-refractivity contribution in [3.05, 3.63) is 47.5 Å². The van der Waals surface area contributed by atoms with Gasteiger partial charge in [-0.2, -0.15) is 0 Å². The van der Waals surface area contributed by atoms with Gasteiger partial charge in [-0.1, -0.05) is 47.9 Å². The van der Waals surface area contributed by atoms with E-state index in [0.29, 0.717) is 6.42 Å². The largest absolute Gasteiger partial charge is 0.372 e. The second-order valence-corrected chi connectivity index (χ2v) is 4.81. The Morgan fingerprint density at radius 2 is 1.59 bits per heavy atom. The SMILES string of the molecule is C=C(C)C.CCNC(=O)CC.Cc1cccc(C)c1.NC=O. The van der Waals surface area contributed by atoms with Crippen LogP contribution in [0.2, 0.25) is 0 Å². The standard InChI is InChI=1S/C8H10.C5H11NO.C4H8.CH3NO/c1-7-4-3-5-8(2)6-7;1-3-5(7)6-4-2;1-4(2)3;2-1-3/h3-6H,1-2H3;3-4H2,1-2H3,(H,6,7);1H2,2-3H3;1H,(H2,2,3). The molecule has 0 aliphatic rings. The van der Waals surface area contributed by atoms with Gasteiger partial charge in [0.1, 0.15) is 0 Å². The lowest BCUT2D eigenvalue weighted by Gasteiger charge is -1.93. The zero-order valence-corrected chi connectivity index (χ0v) is 14.9. The smallest absolute Gasteiger partial charge is 0.219 e. The van der Waals surface area contributed by atoms with Crippen molar-refractivity contribution in [2.75, 3.05) is 6.54 Å². The molecule has 1 rings (SSSR count). The quantitative estimate of drug-likeness (QED) is 0.648. The molecule has 0 heterocycles. The monoisotopic (exact) mass is 308 g/mol. The summed E-state index contributed by atoms with van der Waals surface area (Å²) in [5.41, 5.74) is 8.01. The van der Waals surface area contributed by atoms with Gasteiger partial charge >= 0.3 is 0 Å². The van der Waals surface area contributed by atoms with Crippen LogP contribution in [0.4, 0.5) is 0 Å². The third-order valence-corrected chi connectivity index (χ3v) is 1.87. The lowest BCUT2D eigenvalue weighted by Crippen LogP contribution is -2.20. The number of allylic oxidation sites excluding steroid dienone is 1. The predicted octanol–water partition coefficient (Wildman–Crippen LogP) is 3.52. The Hall–Kier alpha value is -2.10. The van der Waals surface area contributed by atoms with E-state index in [1.54, 1.807) is 0 Å². The number of nitrogens with two attached hydrogens (primary N) is 1. The van der Waals surface area contributed by atoms with Gasteiger partial charge in [0.2, 0.25) is 12.3 Å². The van der Waals surface area contributed by atoms with Gasteiger partial charge in [0.25, 0.3) is 0 Å². The minimum absolute atomic E-state index is 0.127. The minimum atomic E-state index is 0.127. The van der Waals surface area contributed by atoms with Crippen LogP contribution in [0.5, 0.6) is 0 Å². The molecule has 1 aromatic carbocycles. The van der Waals surface area contributed by atoms with Crippen LogP contribution in [0, 0.1) is 13.8 Å². The molecule has 1 aromatic rings. The second kappa shape index (κ2) is 18.9. The van der Waals surface area contributed by atoms with Crippen molar-refractivity contribution < 1.29 is 9.59 Å². The van der Waals surface area contributed by atoms with Crippen molar-refractivity contribution in [3.8, 4) is 0 Å². The number of primary amides is 1. The van der Waals surface area contributed by atoms with E-state index in [1.807, 2.05) is 27.7 Å². The first-order valence-corrected chi connectivity index (χ1v) is 7.32. The predicted molar refractivity (Wildman–Crippen MR) is 95.6 cm³/mol. The van der Waals surface area contributed by atoms with Crippen LogP contribution in [0.1, 0.15) is 45.2 Å². The average molecular weight is 308 g/mol. The molecule has 4 nitrogen and oxygen atoms in total. The normalized spacial score (nSPS) is 7.73. The molecular formula is C18H32N2O2. The van der Waals surface area contributed by atoms with E-state index in [1.165, 1.54) is 16.7 Å². The number of hydrogen-bond donors (Lipinski definition) is 2. The van der Waals surface area contributed by atoms with Crippen molar-refractivity contribution in [1.29, 1.82) is 0 Å². The molecule has 0 aliphatic heterocycles. The van der Waals surface area contributed by atoms with Crippen LogP contribution in [-0.2, 0) is 9.59 Å². The van der Waals surface area contributed by atoms with Crippen molar-refractivity contribution in [1.82, 2.24) is 5.32 Å². The van der Waals surface area contributed by atoms with Gasteiger partial charge in [-0.15, -0.1) is 6.58 Å². The van der Waals surface area contributed by atoms with Gasteiger partial charge in [-0.25, -0.2) is 0 Å². The number of carbonyl (C=O) groups excluding carboxylic acids is 2. The molecule has 0 aromatic heterocycles. The molecular weight excluding hydrogens is 276 g/mol. The molecule has 126 valence electrons. The first-order valence-electron chi connectivity index (χ1n) is 7.32. The highest BCUT2D eigenvalue weighted by molar-refractivity contribution is 5.75. The molecule has 0 aliphatic carbocycles. The first-order chi connectivity index (χ1) is 10.2. The summed E-state index contributed by atoms with van der Waals surface area (Å²) in [6, 6.07) is 8.45. The fourth-order valence-electron chi connectivity index (χ4n) is 1.13. The molecule has 0 saturated heterocycles. The molecule has 22 heavy (non-hydrogen) atoms. The van der Waals surface area contributed by atoms with Gasteiger partial charge in [0, 0.05) is 13.0 Å². The number of hydrogen-bond acceptors (Lipinski definition) is 2. The molecule has 0 bridgehead atoms. The zero-order valence-electron chi connectivity index (χ0n) is 14.9. The Labute approximate surface area is 135 Å². The Morgan fingerprint density at radius 1 is 1.23 bits per heavy atom. The van der Waals surface area contributed by atoms with Crippen molar-refractivity contribution >= 4 is 12.3 Å². The summed E-state index contributed by atoms with van der Waals surface area (Å²) in [5.74, 6) is 0.127. The Balaban J connectivity index is -0.000000236. The second-order valence-electron chi connectivity index (χ2n) is 4.81. The number of aryl methyl sites for hydroxylation is 2. The highest BCUT2D eigenvalue weighted by atomic mass is 16.1. The van der Waals surface area contributed by atoms with Crippen LogP contribution in [-0.4, -0.2) is 18.9 Å². The van der Waals surface area contributed by atoms with E-state index in [9.17, 15) is 4.79 Å². The lowest BCUT2D eigenvalue weighted by molar-refractivity contribution is -0.120. The van der Waals surface area contributed by atoms with Crippen molar-refractivity contribution in [2.45, 2.75) is 48.0 Å². The molecule has 3 N–H and O–H groups in total. The number of nitrogens with one attached hydrogen (secondary N) is 1. The summed E-state index contributed by atoms with van der Waals surface area (Å²) in [7, 11) is 0. The topological polar surface area (TPSA) is 72.2 Å². The molecule has 0 spiro atoms. The van der Waals surface area contributed by atoms with Crippen LogP contribution >= 0.6 is 0 Å². The molecule has 0 fully saturated rings. The number of benzene rings is 1. The van der Waals surface area contributed by atoms with Gasteiger partial charge in [0.05, 0.1) is 0 Å². The third kappa shape index (κ3) is 30.7. The maximum absolute atomic E-state index is 10.3. The zero-order chi connectivity index (χ0) is 18.0. The molecule has 4 heteroatoms. The van der Waals surface area contributed by atoms with Crippen LogP contribution < -0.4 is 11.1 Å². The highest BCUT2D eigenvalue weighted by Gasteiger charge is 1.88. The number of carbonyl (C=O) groups is 2. The van der Waals surface area contributed by atoms with E-state index < -0.39 is 0 Å². The van der Waals surface area contributed by atoms with Gasteiger partial charge < -0.3 is 11.1 Å². The number of rotatable bonds is 2. The van der Waals surface area contributed by atoms with E-state index in [4.69, 9.17) is 4.79 Å². The fraction of sp³-hybridized carbons (Fsp3) is 0.444. The summed E-state index contributed by atoms with van der Waals surface area (Å²) >= 11 is 0. The molecule has 0 radical (unpaired) electrons. The summed E-state index contributed by atoms with van der Waals surface area (Å²) < 4.78 is 0. The number of amides is 2. The van der Waals surface area contributed by atoms with Crippen molar-refractivity contribution in [3.63, 3.8) is 0 Å². The van der Waals surface area contributed by atoms with Gasteiger partial charge in [-0.05, 0) is 34.6 Å². The van der Waals surface area contributed by atoms with E-state index in [0.717, 1.165) is 6.54 Å². The minimum Gasteiger partial charge on any atom is -0.372 e. The maximum atomic E-state index is 10.3. The molecule has 0 saturated carbocycles. The summed E-state index contributed by atoms with van der Waals surface area (Å²) in [4.78, 5) is 18.9. The first kappa shape index (κ1) is 24.9. The Kier molecular flexibility index (Phi) is 21.4. The Bertz CT molecular complexity index is 394. The molecule has 0 atom stereocenters. The van der Waals surface area contributed by atoms with Crippen LogP contribution in [0.25, 0.3) is 0 Å². The summed E-state index contributed by atoms with van der Waals surface area (Å²) in [6.45, 7) is 16.2. The molecule has 2 amide bonds. The van der Waals surface area contributed by atoms with Crippen molar-refractivity contribution in [2.24, 2.45) is 5.73 Å². The summed E-state index contributed by atoms with van der Waals surface area (Å²) in [6.07, 6.45) is 0.841. The third-order valence-electron chi connectivity index (χ3n) is 1.87. The average Bonchev–Trinajstić information content (AvgIpc) is 2.39. The van der Waals surface area contributed by atoms with E-state index >= 15 is 0 Å². The molecule has 0 unspecified atom stereocenters. The van der Waals surface area contributed by atoms with Gasteiger partial charge in [0.15, 0.2) is 0 Å². The highest BCUT2D eigenvalue weighted by Crippen LogP contribution is 2.00. The van der Waals surface area contributed by atoms with Gasteiger partial charge in [-0.3, -0.25) is 9.59 Å². The lowest BCUT2D eigenvalue weighted by atomic mass is 10.2. The van der Waals surface area contributed by atoms with E-state index in [2.05, 4.69) is 55.7 Å². The summed E-state index contributed by atoms with van der Waals surface area (Å²) in [5, 5.41) is 2.66. The van der Waals surface area contributed by atoms with Crippen LogP contribution in [0.3, 0.4) is 0 Å². The van der Waals surface area contributed by atoms with Crippen LogP contribution in [0.15, 0.2) is 36.4 Å². The van der Waals surface area contributed by atoms with E-state index in [-0.39, 0.29) is 12.3 Å².